The highest BCUT2D eigenvalue weighted by atomic mass is 15.0. The molecule has 10 rings (SSSR count). The van der Waals surface area contributed by atoms with Gasteiger partial charge < -0.3 is 0 Å². The Bertz CT molecular complexity index is 2900. The second kappa shape index (κ2) is 13.4. The van der Waals surface area contributed by atoms with E-state index < -0.39 is 0 Å². The molecule has 0 N–H and O–H groups in total. The molecule has 9 aromatic carbocycles. The zero-order valence-electron chi connectivity index (χ0n) is 29.4. The number of nitrogens with zero attached hydrogens (tertiary/aromatic N) is 3. The fourth-order valence-electron chi connectivity index (χ4n) is 7.46. The average Bonchev–Trinajstić information content (AvgIpc) is 3.26. The summed E-state index contributed by atoms with van der Waals surface area (Å²) >= 11 is 0. The van der Waals surface area contributed by atoms with E-state index in [-0.39, 0.29) is 0 Å². The smallest absolute Gasteiger partial charge is 0.164 e. The predicted octanol–water partition coefficient (Wildman–Crippen LogP) is 13.3. The first-order chi connectivity index (χ1) is 26.7. The Balaban J connectivity index is 1.04. The lowest BCUT2D eigenvalue weighted by molar-refractivity contribution is 1.08. The van der Waals surface area contributed by atoms with E-state index in [1.165, 1.54) is 44.2 Å². The van der Waals surface area contributed by atoms with Gasteiger partial charge in [0.15, 0.2) is 17.5 Å². The van der Waals surface area contributed by atoms with Gasteiger partial charge in [-0.1, -0.05) is 170 Å². The third kappa shape index (κ3) is 5.98. The van der Waals surface area contributed by atoms with Gasteiger partial charge in [-0.15, -0.1) is 0 Å². The molecule has 0 unspecified atom stereocenters. The van der Waals surface area contributed by atoms with Crippen molar-refractivity contribution in [3.05, 3.63) is 200 Å². The first kappa shape index (κ1) is 31.5. The van der Waals surface area contributed by atoms with Crippen LogP contribution in [-0.2, 0) is 0 Å². The van der Waals surface area contributed by atoms with E-state index in [0.717, 1.165) is 38.2 Å². The Hall–Kier alpha value is -7.23. The Morgan fingerprint density at radius 2 is 0.556 bits per heavy atom. The maximum Gasteiger partial charge on any atom is 0.164 e. The van der Waals surface area contributed by atoms with E-state index in [1.807, 2.05) is 0 Å². The van der Waals surface area contributed by atoms with E-state index in [9.17, 15) is 0 Å². The van der Waals surface area contributed by atoms with Crippen LogP contribution in [0.1, 0.15) is 0 Å². The zero-order chi connectivity index (χ0) is 35.8. The lowest BCUT2D eigenvalue weighted by atomic mass is 9.92. The molecule has 0 saturated carbocycles. The van der Waals surface area contributed by atoms with Gasteiger partial charge in [0.1, 0.15) is 0 Å². The van der Waals surface area contributed by atoms with Crippen molar-refractivity contribution in [1.29, 1.82) is 0 Å². The quantitative estimate of drug-likeness (QED) is 0.175. The SMILES string of the molecule is c1ccc(-c2ccccc2-c2cccc(-c3ccc4cc(-c5nc(-c6ccc7ccccc7c6)nc(-c6ccc7ccccc7c6)n5)ccc4c3)c2)cc1. The molecule has 0 aliphatic carbocycles. The van der Waals surface area contributed by atoms with Crippen molar-refractivity contribution in [3.8, 4) is 67.5 Å². The average molecular weight is 688 g/mol. The Morgan fingerprint density at radius 3 is 1.11 bits per heavy atom. The van der Waals surface area contributed by atoms with Crippen LogP contribution in [0.3, 0.4) is 0 Å². The van der Waals surface area contributed by atoms with Crippen LogP contribution >= 0.6 is 0 Å². The van der Waals surface area contributed by atoms with Gasteiger partial charge in [0.05, 0.1) is 0 Å². The maximum atomic E-state index is 5.09. The van der Waals surface area contributed by atoms with Gasteiger partial charge in [0.2, 0.25) is 0 Å². The predicted molar refractivity (Wildman–Crippen MR) is 225 cm³/mol. The molecule has 54 heavy (non-hydrogen) atoms. The number of rotatable bonds is 6. The number of hydrogen-bond acceptors (Lipinski definition) is 3. The van der Waals surface area contributed by atoms with E-state index in [1.54, 1.807) is 0 Å². The second-order valence-electron chi connectivity index (χ2n) is 13.7. The molecule has 252 valence electrons. The number of hydrogen-bond donors (Lipinski definition) is 0. The van der Waals surface area contributed by atoms with E-state index in [0.29, 0.717) is 17.5 Å². The minimum atomic E-state index is 0.645. The first-order valence-electron chi connectivity index (χ1n) is 18.3. The highest BCUT2D eigenvalue weighted by Gasteiger charge is 2.15. The van der Waals surface area contributed by atoms with Gasteiger partial charge in [-0.2, -0.15) is 0 Å². The minimum Gasteiger partial charge on any atom is -0.208 e. The number of benzene rings is 9. The lowest BCUT2D eigenvalue weighted by Crippen LogP contribution is -2.00. The van der Waals surface area contributed by atoms with Crippen LogP contribution in [0, 0.1) is 0 Å². The summed E-state index contributed by atoms with van der Waals surface area (Å²) in [5.74, 6) is 1.95. The summed E-state index contributed by atoms with van der Waals surface area (Å²) < 4.78 is 0. The maximum absolute atomic E-state index is 5.09. The molecule has 0 spiro atoms. The van der Waals surface area contributed by atoms with Gasteiger partial charge >= 0.3 is 0 Å². The number of aromatic nitrogens is 3. The van der Waals surface area contributed by atoms with Crippen LogP contribution in [0.2, 0.25) is 0 Å². The van der Waals surface area contributed by atoms with Crippen LogP contribution in [0.5, 0.6) is 0 Å². The normalized spacial score (nSPS) is 11.3. The van der Waals surface area contributed by atoms with Crippen molar-refractivity contribution in [2.45, 2.75) is 0 Å². The molecule has 0 amide bonds. The molecule has 1 heterocycles. The standard InChI is InChI=1S/C51H33N3/c1-2-13-36(14-3-1)47-19-8-9-20-48(47)43-18-10-17-39(30-43)40-23-24-42-33-46(28-25-41(42)29-40)51-53-49(44-26-21-34-11-4-6-15-37(34)31-44)52-50(54-51)45-27-22-35-12-5-7-16-38(35)32-45/h1-33H. The van der Waals surface area contributed by atoms with Crippen LogP contribution in [0.4, 0.5) is 0 Å². The molecule has 0 saturated heterocycles. The minimum absolute atomic E-state index is 0.645. The molecule has 0 radical (unpaired) electrons. The summed E-state index contributed by atoms with van der Waals surface area (Å²) in [7, 11) is 0. The summed E-state index contributed by atoms with van der Waals surface area (Å²) in [5.41, 5.74) is 10.1. The Morgan fingerprint density at radius 1 is 0.204 bits per heavy atom. The van der Waals surface area contributed by atoms with Gasteiger partial charge in [0.25, 0.3) is 0 Å². The van der Waals surface area contributed by atoms with Crippen molar-refractivity contribution >= 4 is 32.3 Å². The molecular weight excluding hydrogens is 655 g/mol. The van der Waals surface area contributed by atoms with E-state index in [2.05, 4.69) is 200 Å². The Kier molecular flexibility index (Phi) is 7.81. The third-order valence-corrected chi connectivity index (χ3v) is 10.3. The lowest BCUT2D eigenvalue weighted by Gasteiger charge is -2.12. The molecular formula is C51H33N3. The van der Waals surface area contributed by atoms with E-state index >= 15 is 0 Å². The van der Waals surface area contributed by atoms with Gasteiger partial charge in [-0.3, -0.25) is 0 Å². The van der Waals surface area contributed by atoms with Crippen molar-refractivity contribution in [3.63, 3.8) is 0 Å². The number of fused-ring (bicyclic) bond motifs is 3. The van der Waals surface area contributed by atoms with Crippen LogP contribution in [-0.4, -0.2) is 15.0 Å². The summed E-state index contributed by atoms with van der Waals surface area (Å²) in [6, 6.07) is 70.8. The topological polar surface area (TPSA) is 38.7 Å². The molecule has 0 fully saturated rings. The van der Waals surface area contributed by atoms with Crippen LogP contribution in [0.25, 0.3) is 99.9 Å². The molecule has 10 aromatic rings. The van der Waals surface area contributed by atoms with Crippen molar-refractivity contribution < 1.29 is 0 Å². The van der Waals surface area contributed by atoms with Crippen LogP contribution in [0.15, 0.2) is 200 Å². The highest BCUT2D eigenvalue weighted by molar-refractivity contribution is 5.93. The third-order valence-electron chi connectivity index (χ3n) is 10.3. The van der Waals surface area contributed by atoms with Crippen molar-refractivity contribution in [2.75, 3.05) is 0 Å². The molecule has 0 bridgehead atoms. The summed E-state index contributed by atoms with van der Waals surface area (Å²) in [6.07, 6.45) is 0. The molecule has 3 nitrogen and oxygen atoms in total. The largest absolute Gasteiger partial charge is 0.208 e. The summed E-state index contributed by atoms with van der Waals surface area (Å²) in [5, 5.41) is 6.95. The second-order valence-corrected chi connectivity index (χ2v) is 13.7. The molecule has 0 aliphatic rings. The van der Waals surface area contributed by atoms with Crippen molar-refractivity contribution in [1.82, 2.24) is 15.0 Å². The first-order valence-corrected chi connectivity index (χ1v) is 18.3. The summed E-state index contributed by atoms with van der Waals surface area (Å²) in [6.45, 7) is 0. The fourth-order valence-corrected chi connectivity index (χ4v) is 7.46. The van der Waals surface area contributed by atoms with Crippen LogP contribution < -0.4 is 0 Å². The highest BCUT2D eigenvalue weighted by Crippen LogP contribution is 2.36. The summed E-state index contributed by atoms with van der Waals surface area (Å²) in [4.78, 5) is 15.2. The van der Waals surface area contributed by atoms with Gasteiger partial charge in [0, 0.05) is 16.7 Å². The van der Waals surface area contributed by atoms with Gasteiger partial charge in [-0.05, 0) is 96.0 Å². The van der Waals surface area contributed by atoms with Gasteiger partial charge in [-0.25, -0.2) is 15.0 Å². The van der Waals surface area contributed by atoms with E-state index in [4.69, 9.17) is 15.0 Å². The molecule has 3 heteroatoms. The van der Waals surface area contributed by atoms with Crippen molar-refractivity contribution in [2.24, 2.45) is 0 Å². The zero-order valence-corrected chi connectivity index (χ0v) is 29.4. The molecule has 0 atom stereocenters. The molecule has 1 aromatic heterocycles. The monoisotopic (exact) mass is 687 g/mol. The Labute approximate surface area is 313 Å². The fraction of sp³-hybridized carbons (Fsp3) is 0. The molecule has 0 aliphatic heterocycles.